The number of hydrogen-bond acceptors (Lipinski definition) is 4. The van der Waals surface area contributed by atoms with E-state index in [4.69, 9.17) is 0 Å². The number of nitrogens with one attached hydrogen (secondary N) is 2. The number of amides is 4. The number of rotatable bonds is 2. The normalized spacial score (nSPS) is 18.8. The van der Waals surface area contributed by atoms with Crippen molar-refractivity contribution in [3.05, 3.63) is 40.5 Å². The first kappa shape index (κ1) is 18.9. The summed E-state index contributed by atoms with van der Waals surface area (Å²) in [5.74, 6) is -1.36. The fraction of sp³-hybridized carbons (Fsp3) is 0.381. The van der Waals surface area contributed by atoms with Crippen LogP contribution in [-0.2, 0) is 9.59 Å². The van der Waals surface area contributed by atoms with E-state index in [9.17, 15) is 14.4 Å². The van der Waals surface area contributed by atoms with E-state index in [1.165, 1.54) is 0 Å². The first-order valence-electron chi connectivity index (χ1n) is 9.03. The number of carbonyl (C=O) groups excluding carboxylic acids is 3. The molecule has 0 aromatic heterocycles. The van der Waals surface area contributed by atoms with Gasteiger partial charge in [0, 0.05) is 17.3 Å². The highest BCUT2D eigenvalue weighted by molar-refractivity contribution is 6.31. The molecule has 6 heteroatoms. The highest BCUT2D eigenvalue weighted by Gasteiger charge is 2.34. The molecule has 1 fully saturated rings. The van der Waals surface area contributed by atoms with Gasteiger partial charge in [0.25, 0.3) is 11.8 Å². The van der Waals surface area contributed by atoms with E-state index in [0.717, 1.165) is 28.0 Å². The Hall–Kier alpha value is -2.89. The lowest BCUT2D eigenvalue weighted by molar-refractivity contribution is -0.123. The number of benzene rings is 1. The van der Waals surface area contributed by atoms with E-state index >= 15 is 0 Å². The highest BCUT2D eigenvalue weighted by Crippen LogP contribution is 2.41. The summed E-state index contributed by atoms with van der Waals surface area (Å²) >= 11 is 0. The third-order valence-corrected chi connectivity index (χ3v) is 5.02. The zero-order chi connectivity index (χ0) is 20.1. The van der Waals surface area contributed by atoms with Gasteiger partial charge in [0.2, 0.25) is 0 Å². The minimum absolute atomic E-state index is 0.0730. The quantitative estimate of drug-likeness (QED) is 0.622. The standard InChI is InChI=1S/C21H25N3O3/c1-11(2)24-17-7-12(3)14(8-15(17)13(4)10-21(24,5)6)9-16-18(25)22-20(27)23-19(16)26/h7-11H,1-6H3,(H2,22,23,25,26,27). The average molecular weight is 367 g/mol. The summed E-state index contributed by atoms with van der Waals surface area (Å²) in [7, 11) is 0. The van der Waals surface area contributed by atoms with Gasteiger partial charge in [-0.25, -0.2) is 4.79 Å². The molecule has 3 rings (SSSR count). The molecular formula is C21H25N3O3. The van der Waals surface area contributed by atoms with Gasteiger partial charge in [0.05, 0.1) is 5.54 Å². The minimum atomic E-state index is -0.794. The van der Waals surface area contributed by atoms with Gasteiger partial charge in [-0.1, -0.05) is 6.08 Å². The van der Waals surface area contributed by atoms with Gasteiger partial charge < -0.3 is 4.90 Å². The number of fused-ring (bicyclic) bond motifs is 1. The summed E-state index contributed by atoms with van der Waals surface area (Å²) in [6, 6.07) is 3.63. The van der Waals surface area contributed by atoms with Crippen molar-refractivity contribution in [2.24, 2.45) is 0 Å². The fourth-order valence-electron chi connectivity index (χ4n) is 4.07. The van der Waals surface area contributed by atoms with Crippen LogP contribution in [0.5, 0.6) is 0 Å². The highest BCUT2D eigenvalue weighted by atomic mass is 16.2. The van der Waals surface area contributed by atoms with Crippen LogP contribution >= 0.6 is 0 Å². The number of imide groups is 2. The molecule has 1 saturated heterocycles. The van der Waals surface area contributed by atoms with E-state index in [-0.39, 0.29) is 11.1 Å². The van der Waals surface area contributed by atoms with E-state index < -0.39 is 17.8 Å². The van der Waals surface area contributed by atoms with Crippen LogP contribution in [0.4, 0.5) is 10.5 Å². The second-order valence-corrected chi connectivity index (χ2v) is 7.97. The molecule has 1 aromatic rings. The van der Waals surface area contributed by atoms with Gasteiger partial charge in [0.1, 0.15) is 5.57 Å². The second kappa shape index (κ2) is 6.37. The van der Waals surface area contributed by atoms with Crippen molar-refractivity contribution in [3.63, 3.8) is 0 Å². The van der Waals surface area contributed by atoms with Crippen molar-refractivity contribution in [2.75, 3.05) is 4.90 Å². The maximum atomic E-state index is 12.0. The molecule has 2 aliphatic rings. The molecule has 0 spiro atoms. The lowest BCUT2D eigenvalue weighted by Crippen LogP contribution is -2.51. The van der Waals surface area contributed by atoms with Crippen LogP contribution < -0.4 is 15.5 Å². The molecule has 2 heterocycles. The van der Waals surface area contributed by atoms with E-state index in [1.807, 2.05) is 13.0 Å². The Kier molecular flexibility index (Phi) is 4.46. The molecule has 0 atom stereocenters. The van der Waals surface area contributed by atoms with Crippen LogP contribution in [0.25, 0.3) is 11.6 Å². The first-order chi connectivity index (χ1) is 12.5. The molecule has 2 aliphatic heterocycles. The van der Waals surface area contributed by atoms with Gasteiger partial charge in [-0.15, -0.1) is 0 Å². The molecule has 6 nitrogen and oxygen atoms in total. The third kappa shape index (κ3) is 3.27. The largest absolute Gasteiger partial charge is 0.360 e. The number of carbonyl (C=O) groups is 3. The van der Waals surface area contributed by atoms with E-state index in [1.54, 1.807) is 6.08 Å². The molecule has 1 aromatic carbocycles. The van der Waals surface area contributed by atoms with Crippen molar-refractivity contribution in [3.8, 4) is 0 Å². The SMILES string of the molecule is CC1=CC(C)(C)N(C(C)C)c2cc(C)c(C=C3C(=O)NC(=O)NC3=O)cc21. The van der Waals surface area contributed by atoms with Crippen LogP contribution in [0.3, 0.4) is 0 Å². The summed E-state index contributed by atoms with van der Waals surface area (Å²) in [5.41, 5.74) is 4.92. The lowest BCUT2D eigenvalue weighted by atomic mass is 9.85. The zero-order valence-electron chi connectivity index (χ0n) is 16.6. The Balaban J connectivity index is 2.14. The second-order valence-electron chi connectivity index (χ2n) is 7.97. The summed E-state index contributed by atoms with van der Waals surface area (Å²) in [6.07, 6.45) is 3.78. The summed E-state index contributed by atoms with van der Waals surface area (Å²) in [4.78, 5) is 37.7. The van der Waals surface area contributed by atoms with Gasteiger partial charge in [0.15, 0.2) is 0 Å². The molecule has 0 aliphatic carbocycles. The summed E-state index contributed by atoms with van der Waals surface area (Å²) < 4.78 is 0. The van der Waals surface area contributed by atoms with Gasteiger partial charge in [-0.05, 0) is 76.5 Å². The Morgan fingerprint density at radius 3 is 2.19 bits per heavy atom. The number of anilines is 1. The van der Waals surface area contributed by atoms with Crippen LogP contribution in [0.15, 0.2) is 23.8 Å². The Bertz CT molecular complexity index is 901. The van der Waals surface area contributed by atoms with Gasteiger partial charge in [-0.2, -0.15) is 0 Å². The van der Waals surface area contributed by atoms with Crippen LogP contribution in [-0.4, -0.2) is 29.4 Å². The number of hydrogen-bond donors (Lipinski definition) is 2. The fourth-order valence-corrected chi connectivity index (χ4v) is 4.07. The van der Waals surface area contributed by atoms with E-state index in [2.05, 4.69) is 62.3 Å². The van der Waals surface area contributed by atoms with Gasteiger partial charge >= 0.3 is 6.03 Å². The lowest BCUT2D eigenvalue weighted by Gasteiger charge is -2.46. The molecular weight excluding hydrogens is 342 g/mol. The van der Waals surface area contributed by atoms with Crippen molar-refractivity contribution >= 4 is 35.2 Å². The molecule has 0 bridgehead atoms. The third-order valence-electron chi connectivity index (χ3n) is 5.02. The van der Waals surface area contributed by atoms with Crippen molar-refractivity contribution in [1.29, 1.82) is 0 Å². The van der Waals surface area contributed by atoms with Crippen molar-refractivity contribution in [2.45, 2.75) is 53.1 Å². The smallest absolute Gasteiger partial charge is 0.328 e. The summed E-state index contributed by atoms with van der Waals surface area (Å²) in [5, 5.41) is 4.21. The van der Waals surface area contributed by atoms with Crippen molar-refractivity contribution in [1.82, 2.24) is 10.6 Å². The Morgan fingerprint density at radius 1 is 1.04 bits per heavy atom. The molecule has 0 saturated carbocycles. The number of urea groups is 1. The monoisotopic (exact) mass is 367 g/mol. The Morgan fingerprint density at radius 2 is 1.63 bits per heavy atom. The van der Waals surface area contributed by atoms with E-state index in [0.29, 0.717) is 6.04 Å². The molecule has 0 unspecified atom stereocenters. The predicted octanol–water partition coefficient (Wildman–Crippen LogP) is 3.15. The summed E-state index contributed by atoms with van der Waals surface area (Å²) in [6.45, 7) is 12.7. The number of nitrogens with zero attached hydrogens (tertiary/aromatic N) is 1. The predicted molar refractivity (Wildman–Crippen MR) is 106 cm³/mol. The molecule has 27 heavy (non-hydrogen) atoms. The zero-order valence-corrected chi connectivity index (χ0v) is 16.6. The Labute approximate surface area is 159 Å². The van der Waals surface area contributed by atoms with Crippen LogP contribution in [0.2, 0.25) is 0 Å². The molecule has 4 amide bonds. The van der Waals surface area contributed by atoms with Crippen molar-refractivity contribution < 1.29 is 14.4 Å². The van der Waals surface area contributed by atoms with Crippen LogP contribution in [0, 0.1) is 6.92 Å². The maximum absolute atomic E-state index is 12.0. The number of barbiturate groups is 1. The number of allylic oxidation sites excluding steroid dienone is 1. The average Bonchev–Trinajstić information content (AvgIpc) is 2.50. The molecule has 142 valence electrons. The number of aryl methyl sites for hydroxylation is 1. The molecule has 0 radical (unpaired) electrons. The van der Waals surface area contributed by atoms with Gasteiger partial charge in [-0.3, -0.25) is 20.2 Å². The van der Waals surface area contributed by atoms with Crippen LogP contribution in [0.1, 0.15) is 51.3 Å². The molecule has 2 N–H and O–H groups in total. The topological polar surface area (TPSA) is 78.5 Å². The minimum Gasteiger partial charge on any atom is -0.360 e. The first-order valence-corrected chi connectivity index (χ1v) is 9.03. The maximum Gasteiger partial charge on any atom is 0.328 e.